The van der Waals surface area contributed by atoms with Gasteiger partial charge in [0.25, 0.3) is 5.91 Å². The Balaban J connectivity index is 0.00000155. The van der Waals surface area contributed by atoms with Crippen LogP contribution >= 0.6 is 0 Å². The van der Waals surface area contributed by atoms with Crippen LogP contribution in [-0.2, 0) is 11.0 Å². The van der Waals surface area contributed by atoms with E-state index in [0.717, 1.165) is 19.2 Å². The minimum atomic E-state index is -4.48. The Labute approximate surface area is 173 Å². The molecule has 1 N–H and O–H groups in total. The number of hydrogen-bond donors (Lipinski definition) is 1. The van der Waals surface area contributed by atoms with Crippen LogP contribution in [0.25, 0.3) is 0 Å². The molecule has 1 saturated heterocycles. The largest absolute Gasteiger partial charge is 0.416 e. The van der Waals surface area contributed by atoms with Crippen LogP contribution in [0.1, 0.15) is 12.5 Å². The van der Waals surface area contributed by atoms with Crippen molar-refractivity contribution in [1.82, 2.24) is 0 Å². The number of benzene rings is 2. The van der Waals surface area contributed by atoms with E-state index in [2.05, 4.69) is 11.6 Å². The van der Waals surface area contributed by atoms with Gasteiger partial charge >= 0.3 is 6.18 Å². The fourth-order valence-corrected chi connectivity index (χ4v) is 2.96. The Bertz CT molecular complexity index is 1010. The van der Waals surface area contributed by atoms with Gasteiger partial charge in [0.1, 0.15) is 5.71 Å². The fraction of sp³-hybridized carbons (Fsp3) is 0.130. The van der Waals surface area contributed by atoms with Gasteiger partial charge in [-0.3, -0.25) is 9.69 Å². The number of carbonyl (C=O) groups excluding carboxylic acids is 1. The van der Waals surface area contributed by atoms with Crippen molar-refractivity contribution in [2.45, 2.75) is 13.1 Å². The number of aliphatic imine (C=N–C) groups is 1. The van der Waals surface area contributed by atoms with Crippen LogP contribution in [0.3, 0.4) is 0 Å². The maximum absolute atomic E-state index is 13.1. The first-order chi connectivity index (χ1) is 14.4. The fourth-order valence-electron chi connectivity index (χ4n) is 2.96. The van der Waals surface area contributed by atoms with Gasteiger partial charge in [-0.15, -0.1) is 0 Å². The van der Waals surface area contributed by atoms with Crippen LogP contribution in [0.15, 0.2) is 95.7 Å². The number of nitrogens with zero attached hydrogens (tertiary/aromatic N) is 2. The van der Waals surface area contributed by atoms with Crippen LogP contribution in [-0.4, -0.2) is 23.8 Å². The highest BCUT2D eigenvalue weighted by molar-refractivity contribution is 6.55. The molecule has 0 aromatic heterocycles. The van der Waals surface area contributed by atoms with Crippen LogP contribution in [0.2, 0.25) is 0 Å². The van der Waals surface area contributed by atoms with E-state index in [-0.39, 0.29) is 11.4 Å². The molecule has 0 radical (unpaired) electrons. The van der Waals surface area contributed by atoms with Crippen molar-refractivity contribution in [3.05, 3.63) is 96.2 Å². The van der Waals surface area contributed by atoms with Crippen molar-refractivity contribution in [2.75, 3.05) is 12.0 Å². The molecule has 0 bridgehead atoms. The van der Waals surface area contributed by atoms with Crippen molar-refractivity contribution in [1.29, 1.82) is 0 Å². The molecule has 0 saturated carbocycles. The van der Waals surface area contributed by atoms with E-state index in [0.29, 0.717) is 17.0 Å². The molecular formula is C23H21F3N2O2. The zero-order valence-corrected chi connectivity index (χ0v) is 16.5. The van der Waals surface area contributed by atoms with Crippen LogP contribution < -0.4 is 4.90 Å². The summed E-state index contributed by atoms with van der Waals surface area (Å²) in [6.45, 7) is 5.43. The highest BCUT2D eigenvalue weighted by atomic mass is 19.4. The lowest BCUT2D eigenvalue weighted by Gasteiger charge is -2.17. The Morgan fingerprint density at radius 1 is 1.07 bits per heavy atom. The number of halogens is 3. The number of alkyl halides is 3. The third kappa shape index (κ3) is 4.75. The number of hydrogen-bond acceptors (Lipinski definition) is 3. The van der Waals surface area contributed by atoms with E-state index >= 15 is 0 Å². The van der Waals surface area contributed by atoms with Gasteiger partial charge < -0.3 is 5.11 Å². The van der Waals surface area contributed by atoms with Crippen molar-refractivity contribution < 1.29 is 23.1 Å². The summed E-state index contributed by atoms with van der Waals surface area (Å²) >= 11 is 0. The molecule has 3 rings (SSSR count). The Hall–Kier alpha value is -3.45. The summed E-state index contributed by atoms with van der Waals surface area (Å²) < 4.78 is 39.0. The van der Waals surface area contributed by atoms with E-state index in [1.807, 2.05) is 6.07 Å². The summed E-state index contributed by atoms with van der Waals surface area (Å²) in [6.07, 6.45) is 0.454. The van der Waals surface area contributed by atoms with Gasteiger partial charge in [0.15, 0.2) is 0 Å². The van der Waals surface area contributed by atoms with E-state index in [4.69, 9.17) is 5.11 Å². The van der Waals surface area contributed by atoms with Gasteiger partial charge in [-0.1, -0.05) is 43.0 Å². The van der Waals surface area contributed by atoms with Crippen LogP contribution in [0.5, 0.6) is 0 Å². The summed E-state index contributed by atoms with van der Waals surface area (Å²) in [6, 6.07) is 13.6. The maximum atomic E-state index is 13.1. The number of rotatable bonds is 3. The molecule has 7 heteroatoms. The zero-order chi connectivity index (χ0) is 22.3. The van der Waals surface area contributed by atoms with Gasteiger partial charge in [0.05, 0.1) is 16.9 Å². The number of amides is 1. The van der Waals surface area contributed by atoms with Crippen molar-refractivity contribution in [3.8, 4) is 0 Å². The minimum Gasteiger partial charge on any atom is -0.400 e. The first kappa shape index (κ1) is 22.8. The lowest BCUT2D eigenvalue weighted by Crippen LogP contribution is -2.26. The quantitative estimate of drug-likeness (QED) is 0.726. The Morgan fingerprint density at radius 2 is 1.73 bits per heavy atom. The standard InChI is InChI=1S/C22H17F3N2O.CH4O/c1-3-9-19-18(4-2)20(21(28)27(19)17-12-6-5-7-13-17)26-16-11-8-10-15(14-16)22(23,24)25;1-2/h3-14H,1H2,2H3;2H,1H3/b18-4+,19-9+,26-20?;. The second-order valence-corrected chi connectivity index (χ2v) is 5.97. The van der Waals surface area contributed by atoms with Crippen molar-refractivity contribution >= 4 is 23.0 Å². The molecule has 1 aliphatic rings. The molecule has 1 aliphatic heterocycles. The lowest BCUT2D eigenvalue weighted by atomic mass is 10.1. The number of allylic oxidation sites excluding steroid dienone is 4. The monoisotopic (exact) mass is 414 g/mol. The summed E-state index contributed by atoms with van der Waals surface area (Å²) in [5.74, 6) is -0.412. The molecule has 0 spiro atoms. The molecule has 156 valence electrons. The number of anilines is 1. The van der Waals surface area contributed by atoms with E-state index in [9.17, 15) is 18.0 Å². The summed E-state index contributed by atoms with van der Waals surface area (Å²) in [4.78, 5) is 18.8. The number of aliphatic hydroxyl groups is 1. The molecule has 30 heavy (non-hydrogen) atoms. The summed E-state index contributed by atoms with van der Waals surface area (Å²) in [5, 5.41) is 7.00. The lowest BCUT2D eigenvalue weighted by molar-refractivity contribution is -0.137. The molecule has 2 aromatic rings. The maximum Gasteiger partial charge on any atom is 0.416 e. The smallest absolute Gasteiger partial charge is 0.400 e. The molecule has 1 fully saturated rings. The molecule has 0 aliphatic carbocycles. The predicted octanol–water partition coefficient (Wildman–Crippen LogP) is 5.45. The molecule has 0 atom stereocenters. The second kappa shape index (κ2) is 9.84. The predicted molar refractivity (Wildman–Crippen MR) is 113 cm³/mol. The zero-order valence-electron chi connectivity index (χ0n) is 16.5. The first-order valence-corrected chi connectivity index (χ1v) is 8.96. The van der Waals surface area contributed by atoms with Gasteiger partial charge in [0, 0.05) is 18.4 Å². The normalized spacial score (nSPS) is 18.0. The molecule has 2 aromatic carbocycles. The summed E-state index contributed by atoms with van der Waals surface area (Å²) in [5.41, 5.74) is 1.06. The Kier molecular flexibility index (Phi) is 7.49. The number of para-hydroxylation sites is 1. The second-order valence-electron chi connectivity index (χ2n) is 5.97. The van der Waals surface area contributed by atoms with E-state index in [1.165, 1.54) is 17.0 Å². The summed E-state index contributed by atoms with van der Waals surface area (Å²) in [7, 11) is 1.00. The van der Waals surface area contributed by atoms with E-state index in [1.54, 1.807) is 49.4 Å². The average molecular weight is 414 g/mol. The van der Waals surface area contributed by atoms with Gasteiger partial charge in [-0.2, -0.15) is 13.2 Å². The van der Waals surface area contributed by atoms with Crippen molar-refractivity contribution in [2.24, 2.45) is 4.99 Å². The molecular weight excluding hydrogens is 393 g/mol. The first-order valence-electron chi connectivity index (χ1n) is 8.96. The Morgan fingerprint density at radius 3 is 2.30 bits per heavy atom. The van der Waals surface area contributed by atoms with Crippen LogP contribution in [0.4, 0.5) is 24.5 Å². The highest BCUT2D eigenvalue weighted by Gasteiger charge is 2.37. The minimum absolute atomic E-state index is 0.0605. The SMILES string of the molecule is C=C/C=C1\C(=C/C)C(=Nc2cccc(C(F)(F)F)c2)C(=O)N1c1ccccc1.CO. The van der Waals surface area contributed by atoms with Crippen molar-refractivity contribution in [3.63, 3.8) is 0 Å². The molecule has 4 nitrogen and oxygen atoms in total. The number of aliphatic hydroxyl groups excluding tert-OH is 1. The third-order valence-corrected chi connectivity index (χ3v) is 4.17. The van der Waals surface area contributed by atoms with Gasteiger partial charge in [-0.05, 0) is 43.3 Å². The van der Waals surface area contributed by atoms with E-state index < -0.39 is 17.6 Å². The number of carbonyl (C=O) groups is 1. The van der Waals surface area contributed by atoms with Gasteiger partial charge in [-0.25, -0.2) is 4.99 Å². The van der Waals surface area contributed by atoms with Gasteiger partial charge in [0.2, 0.25) is 0 Å². The third-order valence-electron chi connectivity index (χ3n) is 4.17. The molecule has 0 unspecified atom stereocenters. The molecule has 1 amide bonds. The van der Waals surface area contributed by atoms with Crippen LogP contribution in [0, 0.1) is 0 Å². The average Bonchev–Trinajstić information content (AvgIpc) is 3.00. The topological polar surface area (TPSA) is 52.9 Å². The highest BCUT2D eigenvalue weighted by Crippen LogP contribution is 2.35. The molecule has 1 heterocycles.